The van der Waals surface area contributed by atoms with Crippen molar-refractivity contribution in [2.75, 3.05) is 30.8 Å². The van der Waals surface area contributed by atoms with Crippen LogP contribution in [0.5, 0.6) is 0 Å². The van der Waals surface area contributed by atoms with E-state index >= 15 is 0 Å². The molecule has 6 heteroatoms. The molecule has 1 aromatic rings. The Morgan fingerprint density at radius 2 is 2.24 bits per heavy atom. The molecule has 92 valence electrons. The highest BCUT2D eigenvalue weighted by atomic mass is 32.1. The number of carbonyl (C=O) groups excluding carboxylic acids is 1. The molecule has 1 aromatic heterocycles. The van der Waals surface area contributed by atoms with Gasteiger partial charge in [-0.3, -0.25) is 0 Å². The number of rotatable bonds is 4. The SMILES string of the molecule is CCOC(=O)c1c(N(C)CC)sc(C#N)c1N. The van der Waals surface area contributed by atoms with Gasteiger partial charge in [0.25, 0.3) is 0 Å². The zero-order valence-electron chi connectivity index (χ0n) is 10.1. The molecule has 1 heterocycles. The Balaban J connectivity index is 3.29. The summed E-state index contributed by atoms with van der Waals surface area (Å²) in [6, 6.07) is 1.99. The second-order valence-electron chi connectivity index (χ2n) is 3.37. The minimum atomic E-state index is -0.474. The molecular weight excluding hydrogens is 238 g/mol. The Labute approximate surface area is 104 Å². The molecule has 0 saturated carbocycles. The summed E-state index contributed by atoms with van der Waals surface area (Å²) in [7, 11) is 1.84. The van der Waals surface area contributed by atoms with Gasteiger partial charge in [-0.1, -0.05) is 0 Å². The third-order valence-corrected chi connectivity index (χ3v) is 3.55. The zero-order chi connectivity index (χ0) is 13.0. The van der Waals surface area contributed by atoms with Crippen LogP contribution in [0.2, 0.25) is 0 Å². The summed E-state index contributed by atoms with van der Waals surface area (Å²) in [6.45, 7) is 4.69. The van der Waals surface area contributed by atoms with Crippen LogP contribution in [0.4, 0.5) is 10.7 Å². The first-order valence-electron chi connectivity index (χ1n) is 5.27. The van der Waals surface area contributed by atoms with Crippen LogP contribution in [-0.2, 0) is 4.74 Å². The molecule has 0 aliphatic carbocycles. The molecule has 17 heavy (non-hydrogen) atoms. The Morgan fingerprint density at radius 3 is 2.71 bits per heavy atom. The monoisotopic (exact) mass is 253 g/mol. The summed E-state index contributed by atoms with van der Waals surface area (Å²) in [5.74, 6) is -0.474. The molecule has 0 amide bonds. The van der Waals surface area contributed by atoms with E-state index in [0.29, 0.717) is 15.4 Å². The Bertz CT molecular complexity index is 462. The molecule has 5 nitrogen and oxygen atoms in total. The molecule has 0 unspecified atom stereocenters. The van der Waals surface area contributed by atoms with E-state index in [4.69, 9.17) is 15.7 Å². The summed E-state index contributed by atoms with van der Waals surface area (Å²) in [5, 5.41) is 9.61. The van der Waals surface area contributed by atoms with Crippen molar-refractivity contribution in [3.8, 4) is 6.07 Å². The van der Waals surface area contributed by atoms with Crippen molar-refractivity contribution >= 4 is 28.0 Å². The Kier molecular flexibility index (Phi) is 4.35. The van der Waals surface area contributed by atoms with Crippen molar-refractivity contribution in [3.05, 3.63) is 10.4 Å². The van der Waals surface area contributed by atoms with Crippen LogP contribution in [0.3, 0.4) is 0 Å². The fraction of sp³-hybridized carbons (Fsp3) is 0.455. The second-order valence-corrected chi connectivity index (χ2v) is 4.37. The lowest BCUT2D eigenvalue weighted by Gasteiger charge is -2.16. The first-order chi connectivity index (χ1) is 8.06. The number of hydrogen-bond acceptors (Lipinski definition) is 6. The number of esters is 1. The minimum absolute atomic E-state index is 0.214. The molecule has 0 fully saturated rings. The van der Waals surface area contributed by atoms with Crippen LogP contribution in [-0.4, -0.2) is 26.2 Å². The van der Waals surface area contributed by atoms with Crippen molar-refractivity contribution in [3.63, 3.8) is 0 Å². The van der Waals surface area contributed by atoms with E-state index in [1.165, 1.54) is 11.3 Å². The zero-order valence-corrected chi connectivity index (χ0v) is 10.9. The predicted octanol–water partition coefficient (Wildman–Crippen LogP) is 1.83. The molecular formula is C11H15N3O2S. The number of nitrogen functional groups attached to an aromatic ring is 1. The van der Waals surface area contributed by atoms with E-state index in [1.807, 2.05) is 24.9 Å². The number of thiophene rings is 1. The van der Waals surface area contributed by atoms with Crippen LogP contribution in [0.15, 0.2) is 0 Å². The fourth-order valence-corrected chi connectivity index (χ4v) is 2.36. The van der Waals surface area contributed by atoms with Crippen molar-refractivity contribution in [1.29, 1.82) is 5.26 Å². The number of hydrogen-bond donors (Lipinski definition) is 1. The van der Waals surface area contributed by atoms with Gasteiger partial charge in [-0.2, -0.15) is 5.26 Å². The smallest absolute Gasteiger partial charge is 0.343 e. The van der Waals surface area contributed by atoms with Gasteiger partial charge >= 0.3 is 5.97 Å². The predicted molar refractivity (Wildman–Crippen MR) is 68.3 cm³/mol. The van der Waals surface area contributed by atoms with E-state index in [9.17, 15) is 4.79 Å². The first-order valence-corrected chi connectivity index (χ1v) is 6.09. The number of nitrogens with two attached hydrogens (primary N) is 1. The van der Waals surface area contributed by atoms with Gasteiger partial charge in [-0.05, 0) is 13.8 Å². The lowest BCUT2D eigenvalue weighted by Crippen LogP contribution is -2.18. The summed E-state index contributed by atoms with van der Waals surface area (Å²) in [5.41, 5.74) is 6.32. The van der Waals surface area contributed by atoms with E-state index in [2.05, 4.69) is 0 Å². The largest absolute Gasteiger partial charge is 0.462 e. The van der Waals surface area contributed by atoms with Crippen molar-refractivity contribution in [1.82, 2.24) is 0 Å². The van der Waals surface area contributed by atoms with Gasteiger partial charge < -0.3 is 15.4 Å². The fourth-order valence-electron chi connectivity index (χ4n) is 1.33. The Hall–Kier alpha value is -1.74. The van der Waals surface area contributed by atoms with Crippen LogP contribution < -0.4 is 10.6 Å². The van der Waals surface area contributed by atoms with Gasteiger partial charge in [0.05, 0.1) is 12.3 Å². The first kappa shape index (κ1) is 13.3. The molecule has 0 aromatic carbocycles. The quantitative estimate of drug-likeness (QED) is 0.828. The lowest BCUT2D eigenvalue weighted by atomic mass is 10.2. The molecule has 0 saturated heterocycles. The second kappa shape index (κ2) is 5.55. The summed E-state index contributed by atoms with van der Waals surface area (Å²) in [4.78, 5) is 14.0. The van der Waals surface area contributed by atoms with Gasteiger partial charge in [-0.15, -0.1) is 11.3 Å². The third-order valence-electron chi connectivity index (χ3n) is 2.33. The molecule has 0 aliphatic rings. The van der Waals surface area contributed by atoms with Crippen LogP contribution in [0.25, 0.3) is 0 Å². The number of nitriles is 1. The van der Waals surface area contributed by atoms with Gasteiger partial charge in [0.1, 0.15) is 21.5 Å². The highest BCUT2D eigenvalue weighted by molar-refractivity contribution is 7.17. The summed E-state index contributed by atoms with van der Waals surface area (Å²) >= 11 is 1.21. The van der Waals surface area contributed by atoms with E-state index in [-0.39, 0.29) is 12.3 Å². The van der Waals surface area contributed by atoms with Gasteiger partial charge in [0.2, 0.25) is 0 Å². The Morgan fingerprint density at radius 1 is 1.59 bits per heavy atom. The van der Waals surface area contributed by atoms with Crippen LogP contribution in [0.1, 0.15) is 29.1 Å². The normalized spacial score (nSPS) is 9.76. The minimum Gasteiger partial charge on any atom is -0.462 e. The molecule has 2 N–H and O–H groups in total. The molecule has 1 rings (SSSR count). The number of nitrogens with zero attached hydrogens (tertiary/aromatic N) is 2. The van der Waals surface area contributed by atoms with Gasteiger partial charge in [0.15, 0.2) is 0 Å². The average molecular weight is 253 g/mol. The van der Waals surface area contributed by atoms with Crippen LogP contribution >= 0.6 is 11.3 Å². The van der Waals surface area contributed by atoms with Crippen molar-refractivity contribution < 1.29 is 9.53 Å². The van der Waals surface area contributed by atoms with Crippen molar-refractivity contribution in [2.24, 2.45) is 0 Å². The highest BCUT2D eigenvalue weighted by Crippen LogP contribution is 2.37. The third kappa shape index (κ3) is 2.50. The van der Waals surface area contributed by atoms with Crippen LogP contribution in [0, 0.1) is 11.3 Å². The molecule has 0 atom stereocenters. The standard InChI is InChI=1S/C11H15N3O2S/c1-4-14(3)10-8(11(15)16-5-2)9(13)7(6-12)17-10/h4-5,13H2,1-3H3. The van der Waals surface area contributed by atoms with E-state index < -0.39 is 5.97 Å². The number of ether oxygens (including phenoxy) is 1. The van der Waals surface area contributed by atoms with Gasteiger partial charge in [0, 0.05) is 13.6 Å². The van der Waals surface area contributed by atoms with E-state index in [1.54, 1.807) is 6.92 Å². The lowest BCUT2D eigenvalue weighted by molar-refractivity contribution is 0.0529. The maximum Gasteiger partial charge on any atom is 0.343 e. The maximum absolute atomic E-state index is 11.8. The number of anilines is 2. The average Bonchev–Trinajstić information content (AvgIpc) is 2.65. The van der Waals surface area contributed by atoms with E-state index in [0.717, 1.165) is 6.54 Å². The van der Waals surface area contributed by atoms with Crippen molar-refractivity contribution in [2.45, 2.75) is 13.8 Å². The highest BCUT2D eigenvalue weighted by Gasteiger charge is 2.24. The molecule has 0 radical (unpaired) electrons. The topological polar surface area (TPSA) is 79.3 Å². The maximum atomic E-state index is 11.8. The van der Waals surface area contributed by atoms with Gasteiger partial charge in [-0.25, -0.2) is 4.79 Å². The number of carbonyl (C=O) groups is 1. The molecule has 0 bridgehead atoms. The summed E-state index contributed by atoms with van der Waals surface area (Å²) in [6.07, 6.45) is 0. The summed E-state index contributed by atoms with van der Waals surface area (Å²) < 4.78 is 4.95. The molecule has 0 spiro atoms. The molecule has 0 aliphatic heterocycles.